The molecule has 0 aliphatic heterocycles. The summed E-state index contributed by atoms with van der Waals surface area (Å²) in [6.07, 6.45) is 3.38. The van der Waals surface area contributed by atoms with Gasteiger partial charge in [-0.15, -0.1) is 11.3 Å². The molecule has 0 spiro atoms. The number of anilines is 2. The third-order valence-electron chi connectivity index (χ3n) is 4.77. The summed E-state index contributed by atoms with van der Waals surface area (Å²) in [6.45, 7) is 4.15. The van der Waals surface area contributed by atoms with Crippen LogP contribution in [0.1, 0.15) is 22.8 Å². The van der Waals surface area contributed by atoms with Crippen LogP contribution in [0.4, 0.5) is 11.5 Å². The van der Waals surface area contributed by atoms with Crippen LogP contribution in [0, 0.1) is 6.92 Å². The zero-order valence-electron chi connectivity index (χ0n) is 18.0. The van der Waals surface area contributed by atoms with Crippen molar-refractivity contribution < 1.29 is 9.53 Å². The zero-order valence-corrected chi connectivity index (χ0v) is 19.6. The van der Waals surface area contributed by atoms with E-state index in [0.717, 1.165) is 27.5 Å². The molecule has 1 N–H and O–H groups in total. The van der Waals surface area contributed by atoms with Gasteiger partial charge in [-0.1, -0.05) is 48.2 Å². The first-order valence-corrected chi connectivity index (χ1v) is 12.2. The van der Waals surface area contributed by atoms with Gasteiger partial charge in [0, 0.05) is 28.4 Å². The molecule has 4 rings (SSSR count). The highest BCUT2D eigenvalue weighted by Crippen LogP contribution is 2.31. The standard InChI is InChI=1S/C24H22N4O2S2/c1-4-30-23(29)19-13-25-24(31-3)28-21(19)26-17-11-9-16(10-12-17)20-14-32-22(27-20)18-8-6-5-7-15(18)2/h5-14H,4H2,1-3H3,(H,25,26,28). The molecule has 162 valence electrons. The number of benzene rings is 2. The molecule has 0 unspecified atom stereocenters. The Bertz CT molecular complexity index is 1240. The summed E-state index contributed by atoms with van der Waals surface area (Å²) in [6, 6.07) is 16.1. The van der Waals surface area contributed by atoms with Crippen LogP contribution in [0.2, 0.25) is 0 Å². The Balaban J connectivity index is 1.57. The number of hydrogen-bond acceptors (Lipinski definition) is 8. The number of aryl methyl sites for hydroxylation is 1. The molecule has 2 aromatic heterocycles. The van der Waals surface area contributed by atoms with Crippen molar-refractivity contribution in [3.8, 4) is 21.8 Å². The van der Waals surface area contributed by atoms with Crippen molar-refractivity contribution in [2.75, 3.05) is 18.2 Å². The molecule has 0 saturated heterocycles. The van der Waals surface area contributed by atoms with Gasteiger partial charge in [0.05, 0.1) is 12.3 Å². The van der Waals surface area contributed by atoms with Gasteiger partial charge in [-0.3, -0.25) is 0 Å². The van der Waals surface area contributed by atoms with Crippen LogP contribution in [-0.4, -0.2) is 33.8 Å². The fraction of sp³-hybridized carbons (Fsp3) is 0.167. The van der Waals surface area contributed by atoms with Crippen LogP contribution >= 0.6 is 23.1 Å². The van der Waals surface area contributed by atoms with Crippen LogP contribution in [0.5, 0.6) is 0 Å². The largest absolute Gasteiger partial charge is 0.462 e. The number of ether oxygens (including phenoxy) is 1. The van der Waals surface area contributed by atoms with Gasteiger partial charge in [0.1, 0.15) is 16.4 Å². The van der Waals surface area contributed by atoms with Crippen LogP contribution < -0.4 is 5.32 Å². The van der Waals surface area contributed by atoms with E-state index in [2.05, 4.69) is 39.7 Å². The molecular formula is C24H22N4O2S2. The smallest absolute Gasteiger partial charge is 0.343 e. The minimum Gasteiger partial charge on any atom is -0.462 e. The molecule has 0 fully saturated rings. The summed E-state index contributed by atoms with van der Waals surface area (Å²) in [7, 11) is 0. The molecule has 4 aromatic rings. The minimum atomic E-state index is -0.453. The predicted molar refractivity (Wildman–Crippen MR) is 131 cm³/mol. The third kappa shape index (κ3) is 4.81. The lowest BCUT2D eigenvalue weighted by Crippen LogP contribution is -2.10. The van der Waals surface area contributed by atoms with Crippen LogP contribution in [0.15, 0.2) is 65.3 Å². The highest BCUT2D eigenvalue weighted by atomic mass is 32.2. The maximum atomic E-state index is 12.3. The number of hydrogen-bond donors (Lipinski definition) is 1. The quantitative estimate of drug-likeness (QED) is 0.198. The Kier molecular flexibility index (Phi) is 6.82. The highest BCUT2D eigenvalue weighted by molar-refractivity contribution is 7.98. The molecule has 0 saturated carbocycles. The number of nitrogens with one attached hydrogen (secondary N) is 1. The van der Waals surface area contributed by atoms with Crippen molar-refractivity contribution >= 4 is 40.6 Å². The molecule has 0 bridgehead atoms. The van der Waals surface area contributed by atoms with Crippen molar-refractivity contribution in [1.82, 2.24) is 15.0 Å². The average molecular weight is 463 g/mol. The number of thioether (sulfide) groups is 1. The van der Waals surface area contributed by atoms with E-state index < -0.39 is 5.97 Å². The molecule has 6 nitrogen and oxygen atoms in total. The first-order chi connectivity index (χ1) is 15.6. The van der Waals surface area contributed by atoms with Crippen molar-refractivity contribution in [2.45, 2.75) is 19.0 Å². The summed E-state index contributed by atoms with van der Waals surface area (Å²) in [5, 5.41) is 6.87. The number of thiazole rings is 1. The van der Waals surface area contributed by atoms with Gasteiger partial charge >= 0.3 is 5.97 Å². The van der Waals surface area contributed by atoms with Crippen LogP contribution in [0.25, 0.3) is 21.8 Å². The van der Waals surface area contributed by atoms with Crippen LogP contribution in [0.3, 0.4) is 0 Å². The number of esters is 1. The second kappa shape index (κ2) is 9.93. The van der Waals surface area contributed by atoms with Crippen LogP contribution in [-0.2, 0) is 4.74 Å². The molecular weight excluding hydrogens is 440 g/mol. The molecule has 0 atom stereocenters. The lowest BCUT2D eigenvalue weighted by Gasteiger charge is -2.11. The van der Waals surface area contributed by atoms with E-state index in [4.69, 9.17) is 9.72 Å². The summed E-state index contributed by atoms with van der Waals surface area (Å²) in [5.74, 6) is -0.0310. The molecule has 8 heteroatoms. The molecule has 0 aliphatic rings. The van der Waals surface area contributed by atoms with Gasteiger partial charge in [-0.2, -0.15) is 0 Å². The molecule has 0 radical (unpaired) electrons. The topological polar surface area (TPSA) is 77.0 Å². The van der Waals surface area contributed by atoms with Crippen molar-refractivity contribution in [1.29, 1.82) is 0 Å². The van der Waals surface area contributed by atoms with Gasteiger partial charge in [0.15, 0.2) is 5.16 Å². The van der Waals surface area contributed by atoms with Gasteiger partial charge in [-0.05, 0) is 37.8 Å². The number of aromatic nitrogens is 3. The maximum Gasteiger partial charge on any atom is 0.343 e. The predicted octanol–water partition coefficient (Wildman–Crippen LogP) is 6.22. The van der Waals surface area contributed by atoms with Crippen molar-refractivity contribution in [3.63, 3.8) is 0 Å². The van der Waals surface area contributed by atoms with E-state index in [1.54, 1.807) is 18.3 Å². The van der Waals surface area contributed by atoms with E-state index in [1.165, 1.54) is 23.5 Å². The Morgan fingerprint density at radius 3 is 2.62 bits per heavy atom. The van der Waals surface area contributed by atoms with Crippen molar-refractivity contribution in [2.24, 2.45) is 0 Å². The molecule has 2 aromatic carbocycles. The van der Waals surface area contributed by atoms with E-state index in [1.807, 2.05) is 42.7 Å². The second-order valence-electron chi connectivity index (χ2n) is 6.89. The monoisotopic (exact) mass is 462 g/mol. The van der Waals surface area contributed by atoms with Crippen molar-refractivity contribution in [3.05, 3.63) is 71.2 Å². The molecule has 0 aliphatic carbocycles. The van der Waals surface area contributed by atoms with E-state index in [0.29, 0.717) is 16.5 Å². The van der Waals surface area contributed by atoms with E-state index in [-0.39, 0.29) is 6.61 Å². The Morgan fingerprint density at radius 1 is 1.12 bits per heavy atom. The lowest BCUT2D eigenvalue weighted by atomic mass is 10.1. The first kappa shape index (κ1) is 22.0. The number of nitrogens with zero attached hydrogens (tertiary/aromatic N) is 3. The Labute approximate surface area is 195 Å². The maximum absolute atomic E-state index is 12.3. The van der Waals surface area contributed by atoms with Gasteiger partial charge < -0.3 is 10.1 Å². The minimum absolute atomic E-state index is 0.287. The Morgan fingerprint density at radius 2 is 1.91 bits per heavy atom. The molecule has 32 heavy (non-hydrogen) atoms. The first-order valence-electron chi connectivity index (χ1n) is 10.1. The molecule has 2 heterocycles. The van der Waals surface area contributed by atoms with Gasteiger partial charge in [0.25, 0.3) is 0 Å². The number of carbonyl (C=O) groups is 1. The third-order valence-corrected chi connectivity index (χ3v) is 6.21. The SMILES string of the molecule is CCOC(=O)c1cnc(SC)nc1Nc1ccc(-c2csc(-c3ccccc3C)n2)cc1. The van der Waals surface area contributed by atoms with Gasteiger partial charge in [0.2, 0.25) is 0 Å². The normalized spacial score (nSPS) is 10.7. The summed E-state index contributed by atoms with van der Waals surface area (Å²) in [5.41, 5.74) is 5.42. The summed E-state index contributed by atoms with van der Waals surface area (Å²) in [4.78, 5) is 25.7. The summed E-state index contributed by atoms with van der Waals surface area (Å²) < 4.78 is 5.13. The Hall–Kier alpha value is -3.23. The fourth-order valence-corrected chi connectivity index (χ4v) is 4.38. The number of rotatable bonds is 7. The highest BCUT2D eigenvalue weighted by Gasteiger charge is 2.16. The van der Waals surface area contributed by atoms with E-state index >= 15 is 0 Å². The second-order valence-corrected chi connectivity index (χ2v) is 8.53. The average Bonchev–Trinajstić information content (AvgIpc) is 3.30. The lowest BCUT2D eigenvalue weighted by molar-refractivity contribution is 0.0526. The molecule has 0 amide bonds. The zero-order chi connectivity index (χ0) is 22.5. The summed E-state index contributed by atoms with van der Waals surface area (Å²) >= 11 is 3.04. The van der Waals surface area contributed by atoms with E-state index in [9.17, 15) is 4.79 Å². The van der Waals surface area contributed by atoms with Gasteiger partial charge in [-0.25, -0.2) is 19.7 Å². The fourth-order valence-electron chi connectivity index (χ4n) is 3.12. The number of carbonyl (C=O) groups excluding carboxylic acids is 1.